The predicted molar refractivity (Wildman–Crippen MR) is 157 cm³/mol. The molecular formula is C30H36FN5O4Si. The Morgan fingerprint density at radius 3 is 2.71 bits per heavy atom. The Balaban J connectivity index is 1.50. The van der Waals surface area contributed by atoms with E-state index in [1.165, 1.54) is 0 Å². The molecule has 2 N–H and O–H groups in total. The molecule has 0 aliphatic carbocycles. The summed E-state index contributed by atoms with van der Waals surface area (Å²) in [7, 11) is -3.33. The highest BCUT2D eigenvalue weighted by atomic mass is 28.4. The molecule has 1 spiro atoms. The molecule has 4 atom stereocenters. The third kappa shape index (κ3) is 5.25. The minimum absolute atomic E-state index is 0.0231. The Labute approximate surface area is 240 Å². The van der Waals surface area contributed by atoms with E-state index in [4.69, 9.17) is 4.74 Å². The molecule has 0 unspecified atom stereocenters. The molecule has 0 bridgehead atoms. The summed E-state index contributed by atoms with van der Waals surface area (Å²) in [5, 5.41) is 20.3. The number of aromatic nitrogens is 3. The quantitative estimate of drug-likeness (QED) is 0.209. The van der Waals surface area contributed by atoms with Crippen LogP contribution in [0.2, 0.25) is 18.6 Å². The summed E-state index contributed by atoms with van der Waals surface area (Å²) < 4.78 is 24.5. The summed E-state index contributed by atoms with van der Waals surface area (Å²) in [5.74, 6) is -0.974. The minimum Gasteiger partial charge on any atom is -0.396 e. The number of hydrogen-bond donors (Lipinski definition) is 2. The SMILES string of the molecule is C=CCN1C(=O)[C@]2(O[C@H](CCn3cc(CCO)nn3)[C@@H]([Si](C)(C)F)[C@@H]2C)c2cc(NC(=O)c3ccccc3)ccc21. The maximum absolute atomic E-state index is 16.0. The second-order valence-electron chi connectivity index (χ2n) is 11.3. The van der Waals surface area contributed by atoms with E-state index in [1.807, 2.05) is 13.0 Å². The van der Waals surface area contributed by atoms with E-state index in [9.17, 15) is 14.7 Å². The van der Waals surface area contributed by atoms with Gasteiger partial charge in [-0.2, -0.15) is 0 Å². The zero-order valence-corrected chi connectivity index (χ0v) is 24.6. The zero-order valence-electron chi connectivity index (χ0n) is 23.6. The van der Waals surface area contributed by atoms with Crippen LogP contribution in [0.25, 0.3) is 0 Å². The molecule has 1 fully saturated rings. The number of halogens is 1. The van der Waals surface area contributed by atoms with Crippen LogP contribution < -0.4 is 10.2 Å². The number of rotatable bonds is 10. The van der Waals surface area contributed by atoms with Gasteiger partial charge in [-0.3, -0.25) is 14.3 Å². The van der Waals surface area contributed by atoms with Gasteiger partial charge in [0, 0.05) is 60.6 Å². The van der Waals surface area contributed by atoms with E-state index < -0.39 is 31.6 Å². The number of carbonyl (C=O) groups excluding carboxylic acids is 2. The predicted octanol–water partition coefficient (Wildman–Crippen LogP) is 4.46. The van der Waals surface area contributed by atoms with Gasteiger partial charge in [0.25, 0.3) is 11.8 Å². The van der Waals surface area contributed by atoms with Gasteiger partial charge < -0.3 is 24.2 Å². The maximum Gasteiger partial charge on any atom is 0.264 e. The number of hydrogen-bond acceptors (Lipinski definition) is 6. The van der Waals surface area contributed by atoms with Crippen molar-refractivity contribution in [3.8, 4) is 0 Å². The lowest BCUT2D eigenvalue weighted by Crippen LogP contribution is -2.45. The highest BCUT2D eigenvalue weighted by molar-refractivity contribution is 6.72. The van der Waals surface area contributed by atoms with Crippen LogP contribution in [0.15, 0.2) is 67.4 Å². The number of amides is 2. The number of aryl methyl sites for hydroxylation is 1. The minimum atomic E-state index is -3.33. The standard InChI is InChI=1S/C30H36FN5O4Si/c1-5-15-36-25-12-11-22(32-28(38)21-9-7-6-8-10-21)18-24(25)30(29(36)39)20(2)27(41(3,4)31)26(40-30)13-16-35-19-23(14-17-37)33-34-35/h5-12,18-20,26-27,37H,1,13-17H2,2-4H3,(H,32,38)/t20-,26+,27-,30+/m0/s1. The van der Waals surface area contributed by atoms with Crippen molar-refractivity contribution >= 4 is 31.6 Å². The number of aliphatic hydroxyl groups excluding tert-OH is 1. The van der Waals surface area contributed by atoms with Crippen molar-refractivity contribution in [3.63, 3.8) is 0 Å². The summed E-state index contributed by atoms with van der Waals surface area (Å²) in [6.45, 7) is 9.74. The van der Waals surface area contributed by atoms with Crippen LogP contribution in [0.5, 0.6) is 0 Å². The number of nitrogens with one attached hydrogen (secondary N) is 1. The first-order chi connectivity index (χ1) is 19.6. The summed E-state index contributed by atoms with van der Waals surface area (Å²) in [6, 6.07) is 14.2. The van der Waals surface area contributed by atoms with Gasteiger partial charge in [0.2, 0.25) is 8.41 Å². The second kappa shape index (κ2) is 11.3. The van der Waals surface area contributed by atoms with Crippen molar-refractivity contribution in [2.24, 2.45) is 5.92 Å². The fourth-order valence-corrected chi connectivity index (χ4v) is 8.98. The number of benzene rings is 2. The van der Waals surface area contributed by atoms with Crippen molar-refractivity contribution in [2.45, 2.75) is 56.7 Å². The van der Waals surface area contributed by atoms with E-state index in [-0.39, 0.29) is 25.0 Å². The van der Waals surface area contributed by atoms with Crippen LogP contribution in [0.4, 0.5) is 15.5 Å². The van der Waals surface area contributed by atoms with Gasteiger partial charge in [-0.25, -0.2) is 0 Å². The number of carbonyl (C=O) groups is 2. The third-order valence-corrected chi connectivity index (χ3v) is 10.6. The molecule has 2 aliphatic heterocycles. The normalized spacial score (nSPS) is 23.7. The molecule has 5 rings (SSSR count). The van der Waals surface area contributed by atoms with E-state index in [2.05, 4.69) is 22.2 Å². The molecule has 0 radical (unpaired) electrons. The van der Waals surface area contributed by atoms with E-state index in [0.717, 1.165) is 0 Å². The smallest absolute Gasteiger partial charge is 0.264 e. The molecule has 2 aliphatic rings. The van der Waals surface area contributed by atoms with Crippen LogP contribution in [0, 0.1) is 5.92 Å². The van der Waals surface area contributed by atoms with Crippen LogP contribution in [-0.2, 0) is 28.1 Å². The zero-order chi connectivity index (χ0) is 29.4. The Morgan fingerprint density at radius 1 is 1.27 bits per heavy atom. The van der Waals surface area contributed by atoms with Crippen LogP contribution >= 0.6 is 0 Å². The summed E-state index contributed by atoms with van der Waals surface area (Å²) in [6.07, 6.45) is 3.73. The Hall–Kier alpha value is -3.67. The second-order valence-corrected chi connectivity index (χ2v) is 15.1. The third-order valence-electron chi connectivity index (χ3n) is 8.16. The van der Waals surface area contributed by atoms with E-state index in [0.29, 0.717) is 47.6 Å². The molecule has 1 aromatic heterocycles. The van der Waals surface area contributed by atoms with Crippen molar-refractivity contribution in [3.05, 3.63) is 84.2 Å². The van der Waals surface area contributed by atoms with Gasteiger partial charge in [-0.1, -0.05) is 36.4 Å². The van der Waals surface area contributed by atoms with Gasteiger partial charge in [-0.15, -0.1) is 11.7 Å². The number of fused-ring (bicyclic) bond motifs is 2. The van der Waals surface area contributed by atoms with Crippen LogP contribution in [0.1, 0.15) is 35.0 Å². The van der Waals surface area contributed by atoms with Gasteiger partial charge in [0.15, 0.2) is 5.60 Å². The molecule has 0 saturated carbocycles. The Morgan fingerprint density at radius 2 is 2.02 bits per heavy atom. The summed E-state index contributed by atoms with van der Waals surface area (Å²) >= 11 is 0. The number of aliphatic hydroxyl groups is 1. The lowest BCUT2D eigenvalue weighted by atomic mass is 9.82. The van der Waals surface area contributed by atoms with Gasteiger partial charge >= 0.3 is 0 Å². The van der Waals surface area contributed by atoms with E-state index in [1.54, 1.807) is 77.4 Å². The number of nitrogens with zero attached hydrogens (tertiary/aromatic N) is 4. The van der Waals surface area contributed by atoms with Crippen molar-refractivity contribution in [1.82, 2.24) is 15.0 Å². The molecule has 216 valence electrons. The fraction of sp³-hybridized carbons (Fsp3) is 0.400. The average molecular weight is 578 g/mol. The van der Waals surface area contributed by atoms with Crippen molar-refractivity contribution in [2.75, 3.05) is 23.4 Å². The lowest BCUT2D eigenvalue weighted by molar-refractivity contribution is -0.145. The van der Waals surface area contributed by atoms with E-state index >= 15 is 4.11 Å². The van der Waals surface area contributed by atoms with Gasteiger partial charge in [0.1, 0.15) is 0 Å². The molecule has 1 saturated heterocycles. The Bertz CT molecular complexity index is 1440. The van der Waals surface area contributed by atoms with Crippen molar-refractivity contribution < 1.29 is 23.5 Å². The Kier molecular flexibility index (Phi) is 7.95. The monoisotopic (exact) mass is 577 g/mol. The average Bonchev–Trinajstić information content (AvgIpc) is 3.58. The maximum atomic E-state index is 16.0. The molecule has 3 aromatic rings. The molecular weight excluding hydrogens is 541 g/mol. The topological polar surface area (TPSA) is 110 Å². The summed E-state index contributed by atoms with van der Waals surface area (Å²) in [4.78, 5) is 28.8. The van der Waals surface area contributed by atoms with Crippen molar-refractivity contribution in [1.29, 1.82) is 0 Å². The van der Waals surface area contributed by atoms with Crippen LogP contribution in [-0.4, -0.2) is 59.6 Å². The number of anilines is 2. The van der Waals surface area contributed by atoms with Gasteiger partial charge in [0.05, 0.1) is 17.5 Å². The highest BCUT2D eigenvalue weighted by Gasteiger charge is 2.66. The lowest BCUT2D eigenvalue weighted by Gasteiger charge is -2.31. The first-order valence-corrected chi connectivity index (χ1v) is 16.9. The molecule has 9 nitrogen and oxygen atoms in total. The fourth-order valence-electron chi connectivity index (χ4n) is 6.43. The largest absolute Gasteiger partial charge is 0.396 e. The molecule has 41 heavy (non-hydrogen) atoms. The first-order valence-electron chi connectivity index (χ1n) is 13.9. The summed E-state index contributed by atoms with van der Waals surface area (Å²) in [5.41, 5.74) is 1.14. The molecule has 2 aromatic carbocycles. The molecule has 3 heterocycles. The number of ether oxygens (including phenoxy) is 1. The van der Waals surface area contributed by atoms with Crippen LogP contribution in [0.3, 0.4) is 0 Å². The first kappa shape index (κ1) is 28.8. The van der Waals surface area contributed by atoms with Gasteiger partial charge in [-0.05, 0) is 49.8 Å². The highest BCUT2D eigenvalue weighted by Crippen LogP contribution is 2.60. The molecule has 11 heteroatoms. The molecule has 2 amide bonds.